The molecule has 2 aliphatic carbocycles. The van der Waals surface area contributed by atoms with Gasteiger partial charge in [0.05, 0.1) is 16.5 Å². The molecule has 212 valence electrons. The van der Waals surface area contributed by atoms with E-state index >= 15 is 0 Å². The van der Waals surface area contributed by atoms with Gasteiger partial charge in [-0.05, 0) is 74.4 Å². The van der Waals surface area contributed by atoms with Crippen LogP contribution in [0.15, 0.2) is 65.6 Å². The number of benzene rings is 1. The first-order valence-corrected chi connectivity index (χ1v) is 15.2. The fourth-order valence-electron chi connectivity index (χ4n) is 6.32. The molecule has 1 aromatic carbocycles. The van der Waals surface area contributed by atoms with E-state index in [-0.39, 0.29) is 28.6 Å². The highest BCUT2D eigenvalue weighted by Crippen LogP contribution is 2.39. The Hall–Kier alpha value is -4.57. The maximum Gasteiger partial charge on any atom is 0.267 e. The molecule has 0 aliphatic heterocycles. The molecular formula is C32H30N6O3S. The Morgan fingerprint density at radius 3 is 2.50 bits per heavy atom. The van der Waals surface area contributed by atoms with E-state index in [1.807, 2.05) is 36.4 Å². The van der Waals surface area contributed by atoms with Gasteiger partial charge in [0, 0.05) is 22.8 Å². The SMILES string of the molecule is N=c1c(C(=O)Nc2sc3c(c2C(=O)Nc2ccccc2)CCCC3)cc2c(=O)n3ccccc3nc2n1C1CCCC1. The number of pyridine rings is 2. The lowest BCUT2D eigenvalue weighted by Crippen LogP contribution is -2.33. The van der Waals surface area contributed by atoms with E-state index in [0.29, 0.717) is 32.9 Å². The van der Waals surface area contributed by atoms with Crippen molar-refractivity contribution in [3.63, 3.8) is 0 Å². The highest BCUT2D eigenvalue weighted by atomic mass is 32.1. The topological polar surface area (TPSA) is 121 Å². The number of rotatable bonds is 5. The van der Waals surface area contributed by atoms with Crippen molar-refractivity contribution in [2.24, 2.45) is 0 Å². The molecule has 10 heteroatoms. The molecule has 3 N–H and O–H groups in total. The Bertz CT molecular complexity index is 1990. The highest BCUT2D eigenvalue weighted by molar-refractivity contribution is 7.17. The van der Waals surface area contributed by atoms with Gasteiger partial charge in [0.25, 0.3) is 17.4 Å². The third-order valence-electron chi connectivity index (χ3n) is 8.35. The van der Waals surface area contributed by atoms with E-state index in [9.17, 15) is 14.4 Å². The first kappa shape index (κ1) is 26.3. The van der Waals surface area contributed by atoms with Crippen LogP contribution in [-0.4, -0.2) is 25.8 Å². The van der Waals surface area contributed by atoms with E-state index in [1.165, 1.54) is 21.8 Å². The largest absolute Gasteiger partial charge is 0.322 e. The average Bonchev–Trinajstić information content (AvgIpc) is 3.66. The van der Waals surface area contributed by atoms with Crippen LogP contribution in [0.2, 0.25) is 0 Å². The van der Waals surface area contributed by atoms with Crippen molar-refractivity contribution in [3.8, 4) is 0 Å². The molecular weight excluding hydrogens is 548 g/mol. The van der Waals surface area contributed by atoms with Gasteiger partial charge in [-0.25, -0.2) is 4.98 Å². The van der Waals surface area contributed by atoms with E-state index in [4.69, 9.17) is 10.4 Å². The van der Waals surface area contributed by atoms with Crippen LogP contribution in [0.5, 0.6) is 0 Å². The summed E-state index contributed by atoms with van der Waals surface area (Å²) in [6, 6.07) is 16.1. The Labute approximate surface area is 245 Å². The fraction of sp³-hybridized carbons (Fsp3) is 0.281. The lowest BCUT2D eigenvalue weighted by molar-refractivity contribution is 0.102. The molecule has 0 spiro atoms. The first-order chi connectivity index (χ1) is 20.5. The fourth-order valence-corrected chi connectivity index (χ4v) is 7.60. The smallest absolute Gasteiger partial charge is 0.267 e. The second-order valence-corrected chi connectivity index (χ2v) is 12.1. The molecule has 0 radical (unpaired) electrons. The molecule has 0 unspecified atom stereocenters. The Morgan fingerprint density at radius 1 is 0.929 bits per heavy atom. The number of carbonyl (C=O) groups is 2. The average molecular weight is 579 g/mol. The van der Waals surface area contributed by atoms with Gasteiger partial charge in [-0.3, -0.25) is 24.2 Å². The molecule has 2 aliphatic rings. The number of amides is 2. The number of aromatic nitrogens is 3. The predicted octanol–water partition coefficient (Wildman–Crippen LogP) is 5.69. The summed E-state index contributed by atoms with van der Waals surface area (Å²) < 4.78 is 3.24. The van der Waals surface area contributed by atoms with Gasteiger partial charge in [0.15, 0.2) is 0 Å². The predicted molar refractivity (Wildman–Crippen MR) is 164 cm³/mol. The number of para-hydroxylation sites is 1. The van der Waals surface area contributed by atoms with Gasteiger partial charge in [0.2, 0.25) is 0 Å². The zero-order chi connectivity index (χ0) is 28.8. The number of anilines is 2. The molecule has 9 nitrogen and oxygen atoms in total. The van der Waals surface area contributed by atoms with E-state index in [0.717, 1.165) is 61.8 Å². The van der Waals surface area contributed by atoms with Crippen LogP contribution >= 0.6 is 11.3 Å². The molecule has 0 atom stereocenters. The summed E-state index contributed by atoms with van der Waals surface area (Å²) in [5.41, 5.74) is 2.89. The Balaban J connectivity index is 1.34. The molecule has 42 heavy (non-hydrogen) atoms. The first-order valence-electron chi connectivity index (χ1n) is 14.4. The number of thiophene rings is 1. The van der Waals surface area contributed by atoms with E-state index in [2.05, 4.69) is 10.6 Å². The molecule has 1 fully saturated rings. The number of hydrogen-bond donors (Lipinski definition) is 3. The van der Waals surface area contributed by atoms with Gasteiger partial charge in [-0.2, -0.15) is 0 Å². The van der Waals surface area contributed by atoms with Crippen LogP contribution in [0.25, 0.3) is 16.7 Å². The van der Waals surface area contributed by atoms with E-state index in [1.54, 1.807) is 22.9 Å². The molecule has 7 rings (SSSR count). The molecule has 1 saturated carbocycles. The second-order valence-electron chi connectivity index (χ2n) is 11.0. The van der Waals surface area contributed by atoms with Crippen LogP contribution in [0.4, 0.5) is 10.7 Å². The van der Waals surface area contributed by atoms with Crippen molar-refractivity contribution in [2.75, 3.05) is 10.6 Å². The van der Waals surface area contributed by atoms with Gasteiger partial charge in [-0.1, -0.05) is 37.1 Å². The van der Waals surface area contributed by atoms with Crippen LogP contribution in [0, 0.1) is 5.41 Å². The number of hydrogen-bond acceptors (Lipinski definition) is 6. The number of nitrogens with one attached hydrogen (secondary N) is 3. The molecule has 0 bridgehead atoms. The van der Waals surface area contributed by atoms with E-state index < -0.39 is 5.91 Å². The quantitative estimate of drug-likeness (QED) is 0.232. The van der Waals surface area contributed by atoms with Crippen molar-refractivity contribution < 1.29 is 9.59 Å². The van der Waals surface area contributed by atoms with Gasteiger partial charge in [-0.15, -0.1) is 11.3 Å². The third kappa shape index (κ3) is 4.52. The standard InChI is InChI=1S/C32H30N6O3S/c33-27-22(18-23-28(38(27)20-12-4-5-13-20)35-25-16-8-9-17-37(25)32(23)41)29(39)36-31-26(21-14-6-7-15-24(21)42-31)30(40)34-19-10-2-1-3-11-19/h1-3,8-11,16-18,20,33H,4-7,12-15H2,(H,34,40)(H,36,39). The number of carbonyl (C=O) groups excluding carboxylic acids is 2. The van der Waals surface area contributed by atoms with Crippen molar-refractivity contribution >= 4 is 50.5 Å². The van der Waals surface area contributed by atoms with Crippen LogP contribution in [0.3, 0.4) is 0 Å². The van der Waals surface area contributed by atoms with Gasteiger partial charge in [0.1, 0.15) is 21.8 Å². The third-order valence-corrected chi connectivity index (χ3v) is 9.56. The second kappa shape index (κ2) is 10.7. The summed E-state index contributed by atoms with van der Waals surface area (Å²) in [5.74, 6) is -0.783. The maximum atomic E-state index is 14.0. The Morgan fingerprint density at radius 2 is 1.69 bits per heavy atom. The normalized spacial score (nSPS) is 15.1. The van der Waals surface area contributed by atoms with Crippen LogP contribution < -0.4 is 21.7 Å². The molecule has 2 amide bonds. The summed E-state index contributed by atoms with van der Waals surface area (Å²) in [7, 11) is 0. The van der Waals surface area contributed by atoms with Crippen molar-refractivity contribution in [2.45, 2.75) is 57.4 Å². The minimum atomic E-state index is -0.515. The number of nitrogens with zero attached hydrogens (tertiary/aromatic N) is 3. The maximum absolute atomic E-state index is 14.0. The number of fused-ring (bicyclic) bond motifs is 3. The number of aryl methyl sites for hydroxylation is 1. The van der Waals surface area contributed by atoms with Gasteiger partial charge >= 0.3 is 0 Å². The lowest BCUT2D eigenvalue weighted by Gasteiger charge is -2.19. The summed E-state index contributed by atoms with van der Waals surface area (Å²) in [5, 5.41) is 15.9. The minimum Gasteiger partial charge on any atom is -0.322 e. The molecule has 4 aromatic heterocycles. The lowest BCUT2D eigenvalue weighted by atomic mass is 9.95. The van der Waals surface area contributed by atoms with Crippen molar-refractivity contribution in [1.29, 1.82) is 5.41 Å². The molecule has 5 aromatic rings. The zero-order valence-electron chi connectivity index (χ0n) is 23.0. The van der Waals surface area contributed by atoms with Crippen molar-refractivity contribution in [1.82, 2.24) is 14.0 Å². The molecule has 4 heterocycles. The minimum absolute atomic E-state index is 0.0212. The Kier molecular flexibility index (Phi) is 6.70. The zero-order valence-corrected chi connectivity index (χ0v) is 23.8. The monoisotopic (exact) mass is 578 g/mol. The summed E-state index contributed by atoms with van der Waals surface area (Å²) in [6.45, 7) is 0. The summed E-state index contributed by atoms with van der Waals surface area (Å²) in [6.07, 6.45) is 9.05. The van der Waals surface area contributed by atoms with Crippen LogP contribution in [0.1, 0.15) is 75.7 Å². The van der Waals surface area contributed by atoms with Crippen molar-refractivity contribution in [3.05, 3.63) is 98.2 Å². The summed E-state index contributed by atoms with van der Waals surface area (Å²) in [4.78, 5) is 47.0. The molecule has 0 saturated heterocycles. The highest BCUT2D eigenvalue weighted by Gasteiger charge is 2.29. The summed E-state index contributed by atoms with van der Waals surface area (Å²) >= 11 is 1.43. The van der Waals surface area contributed by atoms with Crippen LogP contribution in [-0.2, 0) is 12.8 Å². The van der Waals surface area contributed by atoms with Gasteiger partial charge < -0.3 is 15.2 Å².